The van der Waals surface area contributed by atoms with Gasteiger partial charge in [-0.25, -0.2) is 0 Å². The van der Waals surface area contributed by atoms with Gasteiger partial charge in [0.05, 0.1) is 12.9 Å². The Balaban J connectivity index is 1.96. The van der Waals surface area contributed by atoms with Crippen molar-refractivity contribution in [2.75, 3.05) is 12.9 Å². The molecule has 1 fully saturated rings. The van der Waals surface area contributed by atoms with E-state index in [0.29, 0.717) is 16.3 Å². The van der Waals surface area contributed by atoms with Crippen molar-refractivity contribution in [2.45, 2.75) is 41.1 Å². The third-order valence-electron chi connectivity index (χ3n) is 3.40. The number of thioether (sulfide) groups is 2. The molecule has 0 N–H and O–H groups in total. The van der Waals surface area contributed by atoms with E-state index in [2.05, 4.69) is 34.1 Å². The van der Waals surface area contributed by atoms with Crippen LogP contribution in [0.25, 0.3) is 0 Å². The lowest BCUT2D eigenvalue weighted by Gasteiger charge is -2.30. The zero-order valence-corrected chi connectivity index (χ0v) is 14.7. The molecule has 1 aromatic rings. The monoisotopic (exact) mass is 374 g/mol. The standard InChI is InChI=1S/C15H19BrO2S2/c1-18-15(17)10-19-13-8-4-5-9-14(13)20-12-7-3-2-6-11(12)16/h2-3,6-7,13-14H,4-5,8-10H2,1H3/t13-,14-/m1/s1. The minimum atomic E-state index is -0.120. The van der Waals surface area contributed by atoms with E-state index in [1.165, 1.54) is 37.7 Å². The van der Waals surface area contributed by atoms with Crippen LogP contribution in [0.2, 0.25) is 0 Å². The number of halogens is 1. The summed E-state index contributed by atoms with van der Waals surface area (Å²) in [5.41, 5.74) is 0. The largest absolute Gasteiger partial charge is 0.468 e. The molecule has 2 atom stereocenters. The summed E-state index contributed by atoms with van der Waals surface area (Å²) in [4.78, 5) is 12.6. The molecule has 0 heterocycles. The number of hydrogen-bond donors (Lipinski definition) is 0. The molecule has 110 valence electrons. The summed E-state index contributed by atoms with van der Waals surface area (Å²) < 4.78 is 5.90. The van der Waals surface area contributed by atoms with Gasteiger partial charge in [0.15, 0.2) is 0 Å². The normalized spacial score (nSPS) is 22.5. The highest BCUT2D eigenvalue weighted by molar-refractivity contribution is 9.10. The molecule has 0 spiro atoms. The zero-order chi connectivity index (χ0) is 14.4. The van der Waals surface area contributed by atoms with E-state index in [1.807, 2.05) is 17.8 Å². The second-order valence-corrected chi connectivity index (χ2v) is 8.16. The maximum atomic E-state index is 11.3. The molecule has 0 aromatic heterocycles. The van der Waals surface area contributed by atoms with Gasteiger partial charge in [0, 0.05) is 19.9 Å². The molecule has 0 amide bonds. The highest BCUT2D eigenvalue weighted by Crippen LogP contribution is 2.41. The van der Waals surface area contributed by atoms with Crippen LogP contribution in [-0.2, 0) is 9.53 Å². The van der Waals surface area contributed by atoms with Crippen LogP contribution in [0.15, 0.2) is 33.6 Å². The van der Waals surface area contributed by atoms with Gasteiger partial charge in [0.2, 0.25) is 0 Å². The summed E-state index contributed by atoms with van der Waals surface area (Å²) >= 11 is 7.31. The zero-order valence-electron chi connectivity index (χ0n) is 11.5. The Kier molecular flexibility index (Phi) is 6.78. The molecule has 1 aliphatic carbocycles. The van der Waals surface area contributed by atoms with Crippen molar-refractivity contribution >= 4 is 45.4 Å². The van der Waals surface area contributed by atoms with Crippen LogP contribution in [-0.4, -0.2) is 29.3 Å². The SMILES string of the molecule is COC(=O)CS[C@@H]1CCCC[C@H]1Sc1ccccc1Br. The quantitative estimate of drug-likeness (QED) is 0.694. The molecule has 0 bridgehead atoms. The Bertz CT molecular complexity index is 453. The molecule has 5 heteroatoms. The molecule has 2 rings (SSSR count). The van der Waals surface area contributed by atoms with Gasteiger partial charge in [-0.2, -0.15) is 0 Å². The fourth-order valence-corrected chi connectivity index (χ4v) is 5.68. The summed E-state index contributed by atoms with van der Waals surface area (Å²) in [5, 5.41) is 1.12. The highest BCUT2D eigenvalue weighted by Gasteiger charge is 2.27. The first-order valence-electron chi connectivity index (χ1n) is 6.80. The number of rotatable bonds is 5. The number of benzene rings is 1. The molecule has 0 saturated heterocycles. The predicted molar refractivity (Wildman–Crippen MR) is 90.5 cm³/mol. The van der Waals surface area contributed by atoms with E-state index >= 15 is 0 Å². The lowest BCUT2D eigenvalue weighted by atomic mass is 10.00. The molecule has 20 heavy (non-hydrogen) atoms. The van der Waals surface area contributed by atoms with Gasteiger partial charge in [-0.3, -0.25) is 4.79 Å². The van der Waals surface area contributed by atoms with Crippen LogP contribution < -0.4 is 0 Å². The van der Waals surface area contributed by atoms with E-state index in [1.54, 1.807) is 11.8 Å². The van der Waals surface area contributed by atoms with E-state index in [9.17, 15) is 4.79 Å². The van der Waals surface area contributed by atoms with Crippen LogP contribution in [0.3, 0.4) is 0 Å². The van der Waals surface area contributed by atoms with Crippen molar-refractivity contribution in [3.63, 3.8) is 0 Å². The van der Waals surface area contributed by atoms with Gasteiger partial charge in [-0.15, -0.1) is 23.5 Å². The summed E-state index contributed by atoms with van der Waals surface area (Å²) in [5.74, 6) is 0.346. The Labute approximate surface area is 137 Å². The molecule has 1 aromatic carbocycles. The fraction of sp³-hybridized carbons (Fsp3) is 0.533. The summed E-state index contributed by atoms with van der Waals surface area (Å²) in [7, 11) is 1.46. The molecule has 2 nitrogen and oxygen atoms in total. The molecular weight excluding hydrogens is 356 g/mol. The number of carbonyl (C=O) groups excluding carboxylic acids is 1. The third kappa shape index (κ3) is 4.71. The molecule has 0 unspecified atom stereocenters. The Morgan fingerprint density at radius 3 is 2.70 bits per heavy atom. The molecule has 0 aliphatic heterocycles. The number of hydrogen-bond acceptors (Lipinski definition) is 4. The topological polar surface area (TPSA) is 26.3 Å². The van der Waals surface area contributed by atoms with Gasteiger partial charge in [-0.05, 0) is 40.9 Å². The van der Waals surface area contributed by atoms with E-state index < -0.39 is 0 Å². The van der Waals surface area contributed by atoms with Crippen LogP contribution in [0.1, 0.15) is 25.7 Å². The van der Waals surface area contributed by atoms with Gasteiger partial charge < -0.3 is 4.74 Å². The Morgan fingerprint density at radius 2 is 2.00 bits per heavy atom. The van der Waals surface area contributed by atoms with Crippen LogP contribution in [0.5, 0.6) is 0 Å². The van der Waals surface area contributed by atoms with E-state index in [4.69, 9.17) is 4.74 Å². The van der Waals surface area contributed by atoms with Crippen molar-refractivity contribution in [3.05, 3.63) is 28.7 Å². The summed E-state index contributed by atoms with van der Waals surface area (Å²) in [6, 6.07) is 8.36. The third-order valence-corrected chi connectivity index (χ3v) is 7.40. The molecule has 0 radical (unpaired) electrons. The minimum Gasteiger partial charge on any atom is -0.468 e. The number of esters is 1. The maximum Gasteiger partial charge on any atom is 0.315 e. The number of carbonyl (C=O) groups is 1. The second-order valence-electron chi connectivity index (χ2n) is 4.80. The van der Waals surface area contributed by atoms with Crippen molar-refractivity contribution < 1.29 is 9.53 Å². The first kappa shape index (κ1) is 16.2. The average molecular weight is 375 g/mol. The fourth-order valence-electron chi connectivity index (χ4n) is 2.33. The van der Waals surface area contributed by atoms with Crippen molar-refractivity contribution in [3.8, 4) is 0 Å². The van der Waals surface area contributed by atoms with Crippen LogP contribution in [0.4, 0.5) is 0 Å². The lowest BCUT2D eigenvalue weighted by Crippen LogP contribution is -2.25. The van der Waals surface area contributed by atoms with Gasteiger partial charge in [0.25, 0.3) is 0 Å². The van der Waals surface area contributed by atoms with Crippen LogP contribution >= 0.6 is 39.5 Å². The first-order chi connectivity index (χ1) is 9.70. The van der Waals surface area contributed by atoms with Gasteiger partial charge >= 0.3 is 5.97 Å². The molecule has 1 saturated carbocycles. The smallest absolute Gasteiger partial charge is 0.315 e. The average Bonchev–Trinajstić information content (AvgIpc) is 2.48. The number of ether oxygens (including phenoxy) is 1. The summed E-state index contributed by atoms with van der Waals surface area (Å²) in [6.45, 7) is 0. The second kappa shape index (κ2) is 8.35. The van der Waals surface area contributed by atoms with Crippen molar-refractivity contribution in [1.29, 1.82) is 0 Å². The first-order valence-corrected chi connectivity index (χ1v) is 9.52. The lowest BCUT2D eigenvalue weighted by molar-refractivity contribution is -0.137. The highest BCUT2D eigenvalue weighted by atomic mass is 79.9. The number of methoxy groups -OCH3 is 1. The maximum absolute atomic E-state index is 11.3. The molecule has 1 aliphatic rings. The minimum absolute atomic E-state index is 0.120. The molecular formula is C15H19BrO2S2. The van der Waals surface area contributed by atoms with Crippen molar-refractivity contribution in [1.82, 2.24) is 0 Å². The van der Waals surface area contributed by atoms with Crippen LogP contribution in [0, 0.1) is 0 Å². The van der Waals surface area contributed by atoms with Gasteiger partial charge in [0.1, 0.15) is 0 Å². The Morgan fingerprint density at radius 1 is 1.30 bits per heavy atom. The summed E-state index contributed by atoms with van der Waals surface area (Å²) in [6.07, 6.45) is 4.98. The Hall–Kier alpha value is -0.130. The van der Waals surface area contributed by atoms with E-state index in [0.717, 1.165) is 4.47 Å². The van der Waals surface area contributed by atoms with Gasteiger partial charge in [-0.1, -0.05) is 25.0 Å². The van der Waals surface area contributed by atoms with Crippen molar-refractivity contribution in [2.24, 2.45) is 0 Å². The predicted octanol–water partition coefficient (Wildman–Crippen LogP) is 4.76. The van der Waals surface area contributed by atoms with E-state index in [-0.39, 0.29) is 5.97 Å².